The Morgan fingerprint density at radius 2 is 1.86 bits per heavy atom. The van der Waals surface area contributed by atoms with Crippen molar-refractivity contribution < 1.29 is 23.9 Å². The number of nitrogens with zero attached hydrogens (tertiary/aromatic N) is 1. The third-order valence-corrected chi connectivity index (χ3v) is 4.45. The van der Waals surface area contributed by atoms with Gasteiger partial charge in [-0.15, -0.1) is 0 Å². The van der Waals surface area contributed by atoms with E-state index in [0.29, 0.717) is 24.9 Å². The Morgan fingerprint density at radius 1 is 1.18 bits per heavy atom. The molecule has 1 fully saturated rings. The van der Waals surface area contributed by atoms with Crippen LogP contribution in [0.5, 0.6) is 0 Å². The molecule has 0 bridgehead atoms. The Bertz CT molecular complexity index is 730. The highest BCUT2D eigenvalue weighted by Gasteiger charge is 2.23. The lowest BCUT2D eigenvalue weighted by molar-refractivity contribution is -0.145. The van der Waals surface area contributed by atoms with Crippen LogP contribution in [-0.2, 0) is 19.1 Å². The standard InChI is InChI=1S/C20H27N3O5/c1-13(2)11-16(20(27)28-3)22-17(24)12-21-19(26)14-6-8-15(9-7-14)23-10-4-5-18(23)25/h6-9,13,16H,4-5,10-12H2,1-3H3,(H,21,26)(H,22,24)/t16-/m1/s1. The lowest BCUT2D eigenvalue weighted by Crippen LogP contribution is -2.46. The maximum atomic E-state index is 12.2. The first-order chi connectivity index (χ1) is 13.3. The van der Waals surface area contributed by atoms with Crippen LogP contribution < -0.4 is 15.5 Å². The third kappa shape index (κ3) is 5.80. The van der Waals surface area contributed by atoms with E-state index in [4.69, 9.17) is 4.74 Å². The monoisotopic (exact) mass is 389 g/mol. The fourth-order valence-corrected chi connectivity index (χ4v) is 3.05. The molecule has 1 aromatic carbocycles. The molecule has 8 nitrogen and oxygen atoms in total. The summed E-state index contributed by atoms with van der Waals surface area (Å²) < 4.78 is 4.70. The molecule has 0 spiro atoms. The molecule has 0 radical (unpaired) electrons. The fourth-order valence-electron chi connectivity index (χ4n) is 3.05. The number of nitrogens with one attached hydrogen (secondary N) is 2. The summed E-state index contributed by atoms with van der Waals surface area (Å²) in [5.41, 5.74) is 1.14. The summed E-state index contributed by atoms with van der Waals surface area (Å²) in [7, 11) is 1.27. The first-order valence-electron chi connectivity index (χ1n) is 9.37. The largest absolute Gasteiger partial charge is 0.467 e. The Morgan fingerprint density at radius 3 is 2.39 bits per heavy atom. The molecule has 1 atom stereocenters. The summed E-state index contributed by atoms with van der Waals surface area (Å²) in [5, 5.41) is 5.11. The summed E-state index contributed by atoms with van der Waals surface area (Å²) in [6.07, 6.45) is 1.82. The minimum absolute atomic E-state index is 0.0791. The van der Waals surface area contributed by atoms with Gasteiger partial charge < -0.3 is 20.3 Å². The van der Waals surface area contributed by atoms with E-state index in [1.807, 2.05) is 13.8 Å². The van der Waals surface area contributed by atoms with Crippen LogP contribution in [0.15, 0.2) is 24.3 Å². The lowest BCUT2D eigenvalue weighted by atomic mass is 10.0. The highest BCUT2D eigenvalue weighted by atomic mass is 16.5. The number of rotatable bonds is 8. The second-order valence-corrected chi connectivity index (χ2v) is 7.15. The van der Waals surface area contributed by atoms with Gasteiger partial charge in [-0.3, -0.25) is 14.4 Å². The van der Waals surface area contributed by atoms with Crippen LogP contribution in [0, 0.1) is 5.92 Å². The Kier molecular flexibility index (Phi) is 7.54. The van der Waals surface area contributed by atoms with Gasteiger partial charge in [-0.1, -0.05) is 13.8 Å². The summed E-state index contributed by atoms with van der Waals surface area (Å²) in [6, 6.07) is 5.92. The molecule has 1 heterocycles. The van der Waals surface area contributed by atoms with Crippen molar-refractivity contribution >= 4 is 29.4 Å². The number of ether oxygens (including phenoxy) is 1. The number of hydrogen-bond donors (Lipinski definition) is 2. The second-order valence-electron chi connectivity index (χ2n) is 7.15. The van der Waals surface area contributed by atoms with Gasteiger partial charge in [0, 0.05) is 24.2 Å². The zero-order chi connectivity index (χ0) is 20.7. The van der Waals surface area contributed by atoms with Gasteiger partial charge in [-0.2, -0.15) is 0 Å². The molecule has 1 aliphatic rings. The van der Waals surface area contributed by atoms with E-state index in [0.717, 1.165) is 12.1 Å². The van der Waals surface area contributed by atoms with Crippen molar-refractivity contribution in [1.29, 1.82) is 0 Å². The van der Waals surface area contributed by atoms with Crippen LogP contribution in [0.1, 0.15) is 43.5 Å². The SMILES string of the molecule is COC(=O)[C@@H](CC(C)C)NC(=O)CNC(=O)c1ccc(N2CCCC2=O)cc1. The topological polar surface area (TPSA) is 105 Å². The lowest BCUT2D eigenvalue weighted by Gasteiger charge is -2.18. The number of hydrogen-bond acceptors (Lipinski definition) is 5. The van der Waals surface area contributed by atoms with Crippen molar-refractivity contribution in [2.24, 2.45) is 5.92 Å². The van der Waals surface area contributed by atoms with Crippen LogP contribution in [0.4, 0.5) is 5.69 Å². The molecule has 2 N–H and O–H groups in total. The van der Waals surface area contributed by atoms with E-state index >= 15 is 0 Å². The number of amides is 3. The number of carbonyl (C=O) groups is 4. The molecule has 152 valence electrons. The van der Waals surface area contributed by atoms with Crippen molar-refractivity contribution in [3.63, 3.8) is 0 Å². The Labute approximate surface area is 164 Å². The van der Waals surface area contributed by atoms with Crippen LogP contribution in [-0.4, -0.2) is 49.9 Å². The summed E-state index contributed by atoms with van der Waals surface area (Å²) in [5.74, 6) is -1.12. The van der Waals surface area contributed by atoms with Crippen LogP contribution in [0.2, 0.25) is 0 Å². The average molecular weight is 389 g/mol. The molecule has 0 aliphatic carbocycles. The van der Waals surface area contributed by atoms with Crippen LogP contribution in [0.3, 0.4) is 0 Å². The zero-order valence-corrected chi connectivity index (χ0v) is 16.5. The predicted molar refractivity (Wildman–Crippen MR) is 104 cm³/mol. The van der Waals surface area contributed by atoms with E-state index in [9.17, 15) is 19.2 Å². The van der Waals surface area contributed by atoms with Gasteiger partial charge >= 0.3 is 5.97 Å². The summed E-state index contributed by atoms with van der Waals surface area (Å²) in [6.45, 7) is 4.30. The minimum atomic E-state index is -0.744. The van der Waals surface area contributed by atoms with E-state index in [1.165, 1.54) is 7.11 Å². The molecule has 0 unspecified atom stereocenters. The van der Waals surface area contributed by atoms with Crippen LogP contribution in [0.25, 0.3) is 0 Å². The number of esters is 1. The average Bonchev–Trinajstić information content (AvgIpc) is 3.10. The van der Waals surface area contributed by atoms with Crippen molar-refractivity contribution in [1.82, 2.24) is 10.6 Å². The first-order valence-corrected chi connectivity index (χ1v) is 9.37. The number of anilines is 1. The van der Waals surface area contributed by atoms with Gasteiger partial charge in [-0.05, 0) is 43.0 Å². The van der Waals surface area contributed by atoms with E-state index in [-0.39, 0.29) is 18.4 Å². The highest BCUT2D eigenvalue weighted by Crippen LogP contribution is 2.21. The predicted octanol–water partition coefficient (Wildman–Crippen LogP) is 1.25. The fraction of sp³-hybridized carbons (Fsp3) is 0.500. The zero-order valence-electron chi connectivity index (χ0n) is 16.5. The molecule has 0 saturated carbocycles. The highest BCUT2D eigenvalue weighted by molar-refractivity contribution is 5.98. The molecule has 1 aromatic rings. The third-order valence-electron chi connectivity index (χ3n) is 4.45. The summed E-state index contributed by atoms with van der Waals surface area (Å²) in [4.78, 5) is 49.5. The molecule has 8 heteroatoms. The Hall–Kier alpha value is -2.90. The van der Waals surface area contributed by atoms with E-state index < -0.39 is 23.8 Å². The van der Waals surface area contributed by atoms with Gasteiger partial charge in [-0.25, -0.2) is 4.79 Å². The smallest absolute Gasteiger partial charge is 0.328 e. The number of carbonyl (C=O) groups excluding carboxylic acids is 4. The molecule has 2 rings (SSSR count). The van der Waals surface area contributed by atoms with Gasteiger partial charge in [0.25, 0.3) is 5.91 Å². The second kappa shape index (κ2) is 9.87. The molecule has 28 heavy (non-hydrogen) atoms. The number of benzene rings is 1. The maximum absolute atomic E-state index is 12.2. The van der Waals surface area contributed by atoms with E-state index in [1.54, 1.807) is 29.2 Å². The first kappa shape index (κ1) is 21.4. The van der Waals surface area contributed by atoms with E-state index in [2.05, 4.69) is 10.6 Å². The maximum Gasteiger partial charge on any atom is 0.328 e. The summed E-state index contributed by atoms with van der Waals surface area (Å²) >= 11 is 0. The molecule has 1 saturated heterocycles. The van der Waals surface area contributed by atoms with Gasteiger partial charge in [0.2, 0.25) is 11.8 Å². The molecule has 0 aromatic heterocycles. The van der Waals surface area contributed by atoms with Gasteiger partial charge in [0.05, 0.1) is 13.7 Å². The van der Waals surface area contributed by atoms with Crippen molar-refractivity contribution in [3.05, 3.63) is 29.8 Å². The molecule has 1 aliphatic heterocycles. The molecule has 3 amide bonds. The number of methoxy groups -OCH3 is 1. The van der Waals surface area contributed by atoms with Crippen molar-refractivity contribution in [2.75, 3.05) is 25.1 Å². The van der Waals surface area contributed by atoms with Crippen molar-refractivity contribution in [2.45, 2.75) is 39.2 Å². The van der Waals surface area contributed by atoms with Crippen LogP contribution >= 0.6 is 0 Å². The quantitative estimate of drug-likeness (QED) is 0.651. The molecular weight excluding hydrogens is 362 g/mol. The Balaban J connectivity index is 1.87. The van der Waals surface area contributed by atoms with Crippen molar-refractivity contribution in [3.8, 4) is 0 Å². The molecular formula is C20H27N3O5. The van der Waals surface area contributed by atoms with Gasteiger partial charge in [0.15, 0.2) is 0 Å². The van der Waals surface area contributed by atoms with Gasteiger partial charge in [0.1, 0.15) is 6.04 Å². The minimum Gasteiger partial charge on any atom is -0.467 e. The normalized spacial score (nSPS) is 14.7.